The van der Waals surface area contributed by atoms with Crippen LogP contribution in [0.3, 0.4) is 0 Å². The topological polar surface area (TPSA) is 56.8 Å². The van der Waals surface area contributed by atoms with Gasteiger partial charge in [0, 0.05) is 6.07 Å². The van der Waals surface area contributed by atoms with Gasteiger partial charge in [0.05, 0.1) is 38.0 Å². The van der Waals surface area contributed by atoms with Crippen molar-refractivity contribution < 1.29 is 23.4 Å². The number of anilines is 1. The van der Waals surface area contributed by atoms with Crippen LogP contribution in [-0.2, 0) is 4.79 Å². The first-order valence-corrected chi connectivity index (χ1v) is 7.51. The highest BCUT2D eigenvalue weighted by atomic mass is 35.5. The molecular weight excluding hydrogens is 337 g/mol. The van der Waals surface area contributed by atoms with Crippen LogP contribution >= 0.6 is 11.6 Å². The molecule has 2 aromatic rings. The van der Waals surface area contributed by atoms with E-state index in [1.807, 2.05) is 0 Å². The molecule has 5 nitrogen and oxygen atoms in total. The summed E-state index contributed by atoms with van der Waals surface area (Å²) in [5, 5.41) is 3.06. The molecule has 0 unspecified atom stereocenters. The second kappa shape index (κ2) is 8.40. The third-order valence-electron chi connectivity index (χ3n) is 3.16. The van der Waals surface area contributed by atoms with Gasteiger partial charge in [-0.15, -0.1) is 0 Å². The summed E-state index contributed by atoms with van der Waals surface area (Å²) < 4.78 is 28.5. The van der Waals surface area contributed by atoms with Gasteiger partial charge in [-0.1, -0.05) is 11.6 Å². The smallest absolute Gasteiger partial charge is 0.227 e. The van der Waals surface area contributed by atoms with Crippen molar-refractivity contribution in [3.8, 4) is 17.2 Å². The molecule has 1 amide bonds. The average molecular weight is 354 g/mol. The van der Waals surface area contributed by atoms with Gasteiger partial charge in [0.15, 0.2) is 0 Å². The quantitative estimate of drug-likeness (QED) is 0.820. The van der Waals surface area contributed by atoms with E-state index in [-0.39, 0.29) is 24.8 Å². The molecule has 7 heteroatoms. The van der Waals surface area contributed by atoms with Crippen LogP contribution in [0, 0.1) is 5.82 Å². The Hall–Kier alpha value is -2.47. The van der Waals surface area contributed by atoms with Gasteiger partial charge in [-0.05, 0) is 30.3 Å². The lowest BCUT2D eigenvalue weighted by molar-refractivity contribution is -0.116. The molecule has 0 spiro atoms. The van der Waals surface area contributed by atoms with Crippen molar-refractivity contribution in [3.63, 3.8) is 0 Å². The van der Waals surface area contributed by atoms with E-state index in [2.05, 4.69) is 5.32 Å². The predicted octanol–water partition coefficient (Wildman–Crippen LogP) is 3.90. The van der Waals surface area contributed by atoms with Gasteiger partial charge in [-0.3, -0.25) is 4.79 Å². The van der Waals surface area contributed by atoms with Crippen molar-refractivity contribution in [3.05, 3.63) is 47.2 Å². The number of ether oxygens (including phenoxy) is 3. The summed E-state index contributed by atoms with van der Waals surface area (Å²) in [5.74, 6) is 0.768. The lowest BCUT2D eigenvalue weighted by atomic mass is 10.2. The summed E-state index contributed by atoms with van der Waals surface area (Å²) >= 11 is 6.05. The number of hydrogen-bond acceptors (Lipinski definition) is 4. The van der Waals surface area contributed by atoms with Crippen LogP contribution in [0.2, 0.25) is 5.02 Å². The standard InChI is InChI=1S/C17H17ClFNO4/c1-22-15-10-16(23-2)14(9-13(15)18)20-17(21)7-8-24-12-5-3-11(19)4-6-12/h3-6,9-10H,7-8H2,1-2H3,(H,20,21). The fourth-order valence-electron chi connectivity index (χ4n) is 1.96. The first-order valence-electron chi connectivity index (χ1n) is 7.13. The fourth-order valence-corrected chi connectivity index (χ4v) is 2.20. The average Bonchev–Trinajstić information content (AvgIpc) is 2.57. The monoisotopic (exact) mass is 353 g/mol. The minimum Gasteiger partial charge on any atom is -0.495 e. The van der Waals surface area contributed by atoms with Gasteiger partial charge in [0.1, 0.15) is 23.1 Å². The summed E-state index contributed by atoms with van der Waals surface area (Å²) in [4.78, 5) is 12.0. The zero-order valence-electron chi connectivity index (χ0n) is 13.3. The molecule has 0 aliphatic heterocycles. The molecule has 0 aliphatic rings. The maximum absolute atomic E-state index is 12.8. The van der Waals surface area contributed by atoms with E-state index in [1.54, 1.807) is 12.1 Å². The Morgan fingerprint density at radius 3 is 2.42 bits per heavy atom. The van der Waals surface area contributed by atoms with Gasteiger partial charge < -0.3 is 19.5 Å². The SMILES string of the molecule is COc1cc(OC)c(NC(=O)CCOc2ccc(F)cc2)cc1Cl. The molecular formula is C17H17ClFNO4. The molecule has 2 aromatic carbocycles. The molecule has 0 aromatic heterocycles. The third kappa shape index (κ3) is 4.76. The number of carbonyl (C=O) groups excluding carboxylic acids is 1. The Labute approximate surface area is 144 Å². The molecule has 0 heterocycles. The van der Waals surface area contributed by atoms with Crippen LogP contribution in [0.4, 0.5) is 10.1 Å². The largest absolute Gasteiger partial charge is 0.495 e. The Morgan fingerprint density at radius 2 is 1.79 bits per heavy atom. The molecule has 2 rings (SSSR count). The van der Waals surface area contributed by atoms with Crippen LogP contribution in [-0.4, -0.2) is 26.7 Å². The van der Waals surface area contributed by atoms with Crippen molar-refractivity contribution in [2.75, 3.05) is 26.1 Å². The van der Waals surface area contributed by atoms with Crippen molar-refractivity contribution in [1.82, 2.24) is 0 Å². The van der Waals surface area contributed by atoms with Gasteiger partial charge in [0.2, 0.25) is 5.91 Å². The normalized spacial score (nSPS) is 10.2. The zero-order valence-corrected chi connectivity index (χ0v) is 14.0. The van der Waals surface area contributed by atoms with E-state index in [1.165, 1.54) is 38.5 Å². The third-order valence-corrected chi connectivity index (χ3v) is 3.45. The van der Waals surface area contributed by atoms with Crippen LogP contribution in [0.5, 0.6) is 17.2 Å². The Kier molecular flexibility index (Phi) is 6.26. The Morgan fingerprint density at radius 1 is 1.12 bits per heavy atom. The Balaban J connectivity index is 1.92. The van der Waals surface area contributed by atoms with E-state index >= 15 is 0 Å². The molecule has 1 N–H and O–H groups in total. The molecule has 0 saturated carbocycles. The van der Waals surface area contributed by atoms with Crippen molar-refractivity contribution in [1.29, 1.82) is 0 Å². The van der Waals surface area contributed by atoms with Crippen LogP contribution in [0.1, 0.15) is 6.42 Å². The number of rotatable bonds is 7. The second-order valence-electron chi connectivity index (χ2n) is 4.79. The van der Waals surface area contributed by atoms with Crippen LogP contribution in [0.25, 0.3) is 0 Å². The van der Waals surface area contributed by atoms with Gasteiger partial charge in [-0.25, -0.2) is 4.39 Å². The molecule has 0 atom stereocenters. The number of amides is 1. The predicted molar refractivity (Wildman–Crippen MR) is 89.7 cm³/mol. The lowest BCUT2D eigenvalue weighted by Crippen LogP contribution is -2.15. The number of methoxy groups -OCH3 is 2. The van der Waals surface area contributed by atoms with E-state index in [9.17, 15) is 9.18 Å². The summed E-state index contributed by atoms with van der Waals surface area (Å²) in [7, 11) is 2.97. The maximum Gasteiger partial charge on any atom is 0.227 e. The van der Waals surface area contributed by atoms with E-state index < -0.39 is 0 Å². The molecule has 24 heavy (non-hydrogen) atoms. The minimum absolute atomic E-state index is 0.115. The number of hydrogen-bond donors (Lipinski definition) is 1. The highest BCUT2D eigenvalue weighted by Crippen LogP contribution is 2.35. The van der Waals surface area contributed by atoms with E-state index in [0.29, 0.717) is 28.0 Å². The van der Waals surface area contributed by atoms with Crippen molar-refractivity contribution in [2.24, 2.45) is 0 Å². The number of carbonyl (C=O) groups is 1. The zero-order chi connectivity index (χ0) is 17.5. The molecule has 0 bridgehead atoms. The Bertz CT molecular complexity index is 706. The number of nitrogens with one attached hydrogen (secondary N) is 1. The molecule has 0 aliphatic carbocycles. The lowest BCUT2D eigenvalue weighted by Gasteiger charge is -2.13. The van der Waals surface area contributed by atoms with Gasteiger partial charge in [-0.2, -0.15) is 0 Å². The summed E-state index contributed by atoms with van der Waals surface area (Å²) in [5.41, 5.74) is 0.440. The minimum atomic E-state index is -0.344. The maximum atomic E-state index is 12.8. The summed E-state index contributed by atoms with van der Waals surface area (Å²) in [6, 6.07) is 8.73. The first-order chi connectivity index (χ1) is 11.5. The fraction of sp³-hybridized carbons (Fsp3) is 0.235. The number of benzene rings is 2. The van der Waals surface area contributed by atoms with E-state index in [4.69, 9.17) is 25.8 Å². The molecule has 0 saturated heterocycles. The molecule has 0 radical (unpaired) electrons. The van der Waals surface area contributed by atoms with Crippen LogP contribution < -0.4 is 19.5 Å². The molecule has 0 fully saturated rings. The molecule has 128 valence electrons. The van der Waals surface area contributed by atoms with Gasteiger partial charge in [0.25, 0.3) is 0 Å². The van der Waals surface area contributed by atoms with Crippen molar-refractivity contribution in [2.45, 2.75) is 6.42 Å². The van der Waals surface area contributed by atoms with Gasteiger partial charge >= 0.3 is 0 Å². The van der Waals surface area contributed by atoms with Crippen molar-refractivity contribution >= 4 is 23.2 Å². The van der Waals surface area contributed by atoms with Crippen LogP contribution in [0.15, 0.2) is 36.4 Å². The summed E-state index contributed by atoms with van der Waals surface area (Å²) in [6.45, 7) is 0.156. The first kappa shape index (κ1) is 17.9. The highest BCUT2D eigenvalue weighted by Gasteiger charge is 2.12. The van der Waals surface area contributed by atoms with E-state index in [0.717, 1.165) is 0 Å². The highest BCUT2D eigenvalue weighted by molar-refractivity contribution is 6.32. The number of halogens is 2. The second-order valence-corrected chi connectivity index (χ2v) is 5.19. The summed E-state index contributed by atoms with van der Waals surface area (Å²) in [6.07, 6.45) is 0.115.